The Morgan fingerprint density at radius 1 is 1.11 bits per heavy atom. The molecule has 1 aromatic carbocycles. The fourth-order valence-corrected chi connectivity index (χ4v) is 4.15. The molecule has 0 aliphatic carbocycles. The molecule has 2 aliphatic heterocycles. The quantitative estimate of drug-likeness (QED) is 0.539. The third-order valence-electron chi connectivity index (χ3n) is 5.78. The first-order valence-corrected chi connectivity index (χ1v) is 9.95. The number of carbonyl (C=O) groups is 1. The molecule has 7 nitrogen and oxygen atoms in total. The van der Waals surface area contributed by atoms with Gasteiger partial charge in [0, 0.05) is 44.0 Å². The summed E-state index contributed by atoms with van der Waals surface area (Å²) in [6.45, 7) is 9.33. The Hall–Kier alpha value is -1.99. The van der Waals surface area contributed by atoms with Crippen LogP contribution in [0.1, 0.15) is 26.2 Å². The van der Waals surface area contributed by atoms with Crippen molar-refractivity contribution in [2.45, 2.75) is 26.2 Å². The van der Waals surface area contributed by atoms with Gasteiger partial charge in [0.05, 0.1) is 11.5 Å². The summed E-state index contributed by atoms with van der Waals surface area (Å²) < 4.78 is 0. The third kappa shape index (κ3) is 5.74. The van der Waals surface area contributed by atoms with Gasteiger partial charge in [-0.3, -0.25) is 24.7 Å². The topological polar surface area (TPSA) is 69.9 Å². The van der Waals surface area contributed by atoms with E-state index in [0.717, 1.165) is 57.4 Å². The fourth-order valence-electron chi connectivity index (χ4n) is 4.15. The van der Waals surface area contributed by atoms with Crippen LogP contribution in [-0.4, -0.2) is 72.9 Å². The zero-order chi connectivity index (χ0) is 19.2. The third-order valence-corrected chi connectivity index (χ3v) is 5.78. The van der Waals surface area contributed by atoms with Gasteiger partial charge in [-0.25, -0.2) is 0 Å². The number of piperazine rings is 1. The summed E-state index contributed by atoms with van der Waals surface area (Å²) >= 11 is 0. The first-order chi connectivity index (χ1) is 13.0. The van der Waals surface area contributed by atoms with Gasteiger partial charge in [-0.15, -0.1) is 0 Å². The number of nitro groups is 1. The number of carbonyl (C=O) groups excluding carboxylic acids is 1. The SMILES string of the molecule is CC(=O)CN1CCC(CCN2CCN(c3cccc([N+](=O)[O-])c3)CC2)CC1. The predicted octanol–water partition coefficient (Wildman–Crippen LogP) is 2.41. The van der Waals surface area contributed by atoms with Crippen molar-refractivity contribution in [3.63, 3.8) is 0 Å². The second-order valence-corrected chi connectivity index (χ2v) is 7.82. The second kappa shape index (κ2) is 9.28. The highest BCUT2D eigenvalue weighted by molar-refractivity contribution is 5.77. The average molecular weight is 374 g/mol. The summed E-state index contributed by atoms with van der Waals surface area (Å²) in [6.07, 6.45) is 3.62. The molecule has 1 aromatic rings. The summed E-state index contributed by atoms with van der Waals surface area (Å²) in [7, 11) is 0. The molecule has 2 fully saturated rings. The van der Waals surface area contributed by atoms with Gasteiger partial charge in [0.15, 0.2) is 0 Å². The molecule has 0 radical (unpaired) electrons. The Kier molecular flexibility index (Phi) is 6.79. The average Bonchev–Trinajstić information content (AvgIpc) is 2.67. The summed E-state index contributed by atoms with van der Waals surface area (Å²) in [6, 6.07) is 6.93. The number of likely N-dealkylation sites (tertiary alicyclic amines) is 1. The molecule has 2 aliphatic rings. The van der Waals surface area contributed by atoms with Gasteiger partial charge >= 0.3 is 0 Å². The summed E-state index contributed by atoms with van der Waals surface area (Å²) in [5, 5.41) is 11.0. The van der Waals surface area contributed by atoms with Gasteiger partial charge in [0.1, 0.15) is 5.78 Å². The molecule has 27 heavy (non-hydrogen) atoms. The summed E-state index contributed by atoms with van der Waals surface area (Å²) in [5.74, 6) is 1.03. The number of hydrogen-bond acceptors (Lipinski definition) is 6. The minimum absolute atomic E-state index is 0.158. The Labute approximate surface area is 161 Å². The maximum atomic E-state index is 11.2. The van der Waals surface area contributed by atoms with Crippen molar-refractivity contribution in [1.29, 1.82) is 0 Å². The first-order valence-electron chi connectivity index (χ1n) is 9.95. The van der Waals surface area contributed by atoms with E-state index in [1.54, 1.807) is 25.1 Å². The number of Topliss-reactive ketones (excluding diaryl/α,β-unsaturated/α-hetero) is 1. The number of nitro benzene ring substituents is 1. The Morgan fingerprint density at radius 2 is 1.81 bits per heavy atom. The van der Waals surface area contributed by atoms with Gasteiger partial charge in [0.25, 0.3) is 5.69 Å². The monoisotopic (exact) mass is 374 g/mol. The lowest BCUT2D eigenvalue weighted by molar-refractivity contribution is -0.384. The molecule has 2 heterocycles. The van der Waals surface area contributed by atoms with E-state index in [9.17, 15) is 14.9 Å². The Bertz CT molecular complexity index is 650. The molecular formula is C20H30N4O3. The number of anilines is 1. The maximum Gasteiger partial charge on any atom is 0.271 e. The highest BCUT2D eigenvalue weighted by Gasteiger charge is 2.22. The zero-order valence-electron chi connectivity index (χ0n) is 16.2. The molecule has 2 saturated heterocycles. The van der Waals surface area contributed by atoms with Crippen LogP contribution >= 0.6 is 0 Å². The lowest BCUT2D eigenvalue weighted by Gasteiger charge is -2.37. The largest absolute Gasteiger partial charge is 0.369 e. The van der Waals surface area contributed by atoms with E-state index < -0.39 is 0 Å². The predicted molar refractivity (Wildman–Crippen MR) is 106 cm³/mol. The van der Waals surface area contributed by atoms with Gasteiger partial charge in [-0.05, 0) is 57.8 Å². The molecule has 3 rings (SSSR count). The van der Waals surface area contributed by atoms with E-state index in [4.69, 9.17) is 0 Å². The number of hydrogen-bond donors (Lipinski definition) is 0. The minimum Gasteiger partial charge on any atom is -0.369 e. The van der Waals surface area contributed by atoms with Crippen molar-refractivity contribution in [3.8, 4) is 0 Å². The number of non-ortho nitro benzene ring substituents is 1. The maximum absolute atomic E-state index is 11.2. The molecule has 0 N–H and O–H groups in total. The number of ketones is 1. The molecule has 7 heteroatoms. The van der Waals surface area contributed by atoms with E-state index in [0.29, 0.717) is 6.54 Å². The van der Waals surface area contributed by atoms with Crippen LogP contribution in [0.25, 0.3) is 0 Å². The molecule has 148 valence electrons. The fraction of sp³-hybridized carbons (Fsp3) is 0.650. The van der Waals surface area contributed by atoms with Crippen LogP contribution in [0.5, 0.6) is 0 Å². The van der Waals surface area contributed by atoms with Crippen molar-refractivity contribution in [2.75, 3.05) is 57.3 Å². The number of benzene rings is 1. The van der Waals surface area contributed by atoms with E-state index in [1.165, 1.54) is 19.3 Å². The number of nitrogens with zero attached hydrogens (tertiary/aromatic N) is 4. The van der Waals surface area contributed by atoms with Crippen molar-refractivity contribution in [3.05, 3.63) is 34.4 Å². The lowest BCUT2D eigenvalue weighted by atomic mass is 9.93. The van der Waals surface area contributed by atoms with E-state index >= 15 is 0 Å². The molecule has 0 aromatic heterocycles. The van der Waals surface area contributed by atoms with Crippen molar-refractivity contribution in [2.24, 2.45) is 5.92 Å². The van der Waals surface area contributed by atoms with Gasteiger partial charge in [0.2, 0.25) is 0 Å². The molecule has 0 amide bonds. The highest BCUT2D eigenvalue weighted by Crippen LogP contribution is 2.24. The van der Waals surface area contributed by atoms with Crippen LogP contribution < -0.4 is 4.90 Å². The molecular weight excluding hydrogens is 344 g/mol. The Balaban J connectivity index is 1.38. The second-order valence-electron chi connectivity index (χ2n) is 7.82. The molecule has 0 atom stereocenters. The normalized spacial score (nSPS) is 20.0. The highest BCUT2D eigenvalue weighted by atomic mass is 16.6. The van der Waals surface area contributed by atoms with Crippen LogP contribution in [0.3, 0.4) is 0 Å². The summed E-state index contributed by atoms with van der Waals surface area (Å²) in [5.41, 5.74) is 1.10. The molecule has 0 spiro atoms. The van der Waals surface area contributed by atoms with Crippen LogP contribution in [-0.2, 0) is 4.79 Å². The minimum atomic E-state index is -0.332. The van der Waals surface area contributed by atoms with E-state index in [1.807, 2.05) is 6.07 Å². The molecule has 0 saturated carbocycles. The van der Waals surface area contributed by atoms with Crippen molar-refractivity contribution >= 4 is 17.2 Å². The van der Waals surface area contributed by atoms with Crippen LogP contribution in [0.4, 0.5) is 11.4 Å². The van der Waals surface area contributed by atoms with Crippen LogP contribution in [0, 0.1) is 16.0 Å². The van der Waals surface area contributed by atoms with Crippen molar-refractivity contribution < 1.29 is 9.72 Å². The van der Waals surface area contributed by atoms with E-state index in [-0.39, 0.29) is 16.4 Å². The summed E-state index contributed by atoms with van der Waals surface area (Å²) in [4.78, 5) is 28.9. The Morgan fingerprint density at radius 3 is 2.44 bits per heavy atom. The van der Waals surface area contributed by atoms with Crippen molar-refractivity contribution in [1.82, 2.24) is 9.80 Å². The first kappa shape index (κ1) is 19.8. The molecule has 0 bridgehead atoms. The van der Waals surface area contributed by atoms with E-state index in [2.05, 4.69) is 14.7 Å². The lowest BCUT2D eigenvalue weighted by Crippen LogP contribution is -2.47. The standard InChI is InChI=1S/C20H30N4O3/c1-17(25)16-22-9-6-18(7-10-22)5-8-21-11-13-23(14-12-21)19-3-2-4-20(15-19)24(26)27/h2-4,15,18H,5-14,16H2,1H3. The smallest absolute Gasteiger partial charge is 0.271 e. The molecule has 0 unspecified atom stereocenters. The van der Waals surface area contributed by atoms with Crippen LogP contribution in [0.2, 0.25) is 0 Å². The number of piperidine rings is 1. The van der Waals surface area contributed by atoms with Gasteiger partial charge in [-0.2, -0.15) is 0 Å². The van der Waals surface area contributed by atoms with Crippen LogP contribution in [0.15, 0.2) is 24.3 Å². The van der Waals surface area contributed by atoms with Gasteiger partial charge < -0.3 is 4.90 Å². The number of rotatable bonds is 7. The zero-order valence-corrected chi connectivity index (χ0v) is 16.2. The van der Waals surface area contributed by atoms with Gasteiger partial charge in [-0.1, -0.05) is 6.07 Å².